The number of para-hydroxylation sites is 1. The van der Waals surface area contributed by atoms with E-state index in [1.165, 1.54) is 9.80 Å². The second-order valence-corrected chi connectivity index (χ2v) is 10.6. The molecule has 1 aromatic carbocycles. The summed E-state index contributed by atoms with van der Waals surface area (Å²) in [7, 11) is 0. The number of aromatic nitrogens is 3. The summed E-state index contributed by atoms with van der Waals surface area (Å²) in [6.07, 6.45) is 2.36. The Morgan fingerprint density at radius 1 is 1.38 bits per heavy atom. The lowest BCUT2D eigenvalue weighted by molar-refractivity contribution is -0.160. The van der Waals surface area contributed by atoms with Crippen LogP contribution in [0.3, 0.4) is 0 Å². The number of rotatable bonds is 9. The minimum absolute atomic E-state index is 0.0513. The molecule has 2 bridgehead atoms. The molecule has 11 nitrogen and oxygen atoms in total. The number of aliphatic hydroxyl groups is 1. The van der Waals surface area contributed by atoms with Gasteiger partial charge in [-0.05, 0) is 37.8 Å². The van der Waals surface area contributed by atoms with Gasteiger partial charge in [-0.25, -0.2) is 4.68 Å². The highest BCUT2D eigenvalue weighted by Gasteiger charge is 2.80. The number of ether oxygens (including phenoxy) is 1. The number of nitrogens with zero attached hydrogens (tertiary/aromatic N) is 5. The normalized spacial score (nSPS) is 33.1. The van der Waals surface area contributed by atoms with Crippen LogP contribution in [0.25, 0.3) is 11.0 Å². The molecule has 2 N–H and O–H groups in total. The van der Waals surface area contributed by atoms with Crippen molar-refractivity contribution in [2.24, 2.45) is 17.8 Å². The summed E-state index contributed by atoms with van der Waals surface area (Å²) in [5.74, 6) is -4.26. The van der Waals surface area contributed by atoms with E-state index >= 15 is 0 Å². The van der Waals surface area contributed by atoms with Gasteiger partial charge in [0, 0.05) is 6.54 Å². The summed E-state index contributed by atoms with van der Waals surface area (Å²) in [5.41, 5.74) is -0.965. The maximum absolute atomic E-state index is 14.4. The molecule has 2 amide bonds. The zero-order chi connectivity index (χ0) is 26.7. The highest BCUT2D eigenvalue weighted by Crippen LogP contribution is 2.65. The van der Waals surface area contributed by atoms with Gasteiger partial charge in [0.1, 0.15) is 29.7 Å². The van der Waals surface area contributed by atoms with Gasteiger partial charge in [0.05, 0.1) is 29.7 Å². The Morgan fingerprint density at radius 3 is 2.76 bits per heavy atom. The molecule has 3 saturated heterocycles. The smallest absolute Gasteiger partial charge is 0.310 e. The molecule has 5 rings (SSSR count). The largest absolute Gasteiger partial charge is 0.481 e. The Hall–Kier alpha value is -3.31. The lowest BCUT2D eigenvalue weighted by Gasteiger charge is -2.39. The predicted molar refractivity (Wildman–Crippen MR) is 132 cm³/mol. The van der Waals surface area contributed by atoms with E-state index < -0.39 is 52.9 Å². The number of hydrogen-bond donors (Lipinski definition) is 2. The molecule has 4 heterocycles. The van der Waals surface area contributed by atoms with Crippen molar-refractivity contribution >= 4 is 28.8 Å². The summed E-state index contributed by atoms with van der Waals surface area (Å²) in [5, 5.41) is 28.7. The molecule has 1 spiro atoms. The highest BCUT2D eigenvalue weighted by molar-refractivity contribution is 5.98. The van der Waals surface area contributed by atoms with Crippen LogP contribution in [-0.2, 0) is 25.8 Å². The molecule has 3 unspecified atom stereocenters. The molecular weight excluding hydrogens is 478 g/mol. The number of carboxylic acids is 1. The number of aliphatic carboxylic acids is 1. The predicted octanol–water partition coefficient (Wildman–Crippen LogP) is 1.27. The number of aliphatic hydroxyl groups excluding tert-OH is 1. The lowest BCUT2D eigenvalue weighted by Crippen LogP contribution is -2.59. The van der Waals surface area contributed by atoms with E-state index in [2.05, 4.69) is 16.9 Å². The van der Waals surface area contributed by atoms with Crippen molar-refractivity contribution in [3.8, 4) is 0 Å². The maximum atomic E-state index is 14.4. The molecule has 2 aromatic rings. The minimum atomic E-state index is -1.31. The van der Waals surface area contributed by atoms with E-state index in [0.717, 1.165) is 5.52 Å². The van der Waals surface area contributed by atoms with Crippen LogP contribution < -0.4 is 0 Å². The zero-order valence-electron chi connectivity index (χ0n) is 21.3. The van der Waals surface area contributed by atoms with E-state index in [0.29, 0.717) is 18.4 Å². The lowest BCUT2D eigenvalue weighted by atomic mass is 9.62. The van der Waals surface area contributed by atoms with Gasteiger partial charge in [-0.15, -0.1) is 11.7 Å². The molecular formula is C26H33N5O6. The third kappa shape index (κ3) is 3.43. The quantitative estimate of drug-likeness (QED) is 0.480. The van der Waals surface area contributed by atoms with E-state index in [9.17, 15) is 24.6 Å². The topological polar surface area (TPSA) is 138 Å². The van der Waals surface area contributed by atoms with E-state index in [1.807, 2.05) is 38.1 Å². The van der Waals surface area contributed by atoms with Gasteiger partial charge >= 0.3 is 5.97 Å². The number of benzene rings is 1. The first-order valence-electron chi connectivity index (χ1n) is 12.7. The van der Waals surface area contributed by atoms with Crippen LogP contribution in [0.4, 0.5) is 0 Å². The van der Waals surface area contributed by atoms with Crippen molar-refractivity contribution in [2.45, 2.75) is 63.6 Å². The number of likely N-dealkylation sites (tertiary alicyclic amines) is 1. The van der Waals surface area contributed by atoms with Gasteiger partial charge in [0.25, 0.3) is 0 Å². The molecule has 1 aromatic heterocycles. The maximum Gasteiger partial charge on any atom is 0.310 e. The van der Waals surface area contributed by atoms with Crippen molar-refractivity contribution < 1.29 is 29.3 Å². The van der Waals surface area contributed by atoms with Gasteiger partial charge < -0.3 is 24.7 Å². The van der Waals surface area contributed by atoms with Crippen molar-refractivity contribution in [3.05, 3.63) is 36.9 Å². The number of carbonyl (C=O) groups is 3. The van der Waals surface area contributed by atoms with Crippen LogP contribution in [0.2, 0.25) is 0 Å². The van der Waals surface area contributed by atoms with Crippen molar-refractivity contribution in [1.82, 2.24) is 24.8 Å². The van der Waals surface area contributed by atoms with Gasteiger partial charge in [-0.3, -0.25) is 14.4 Å². The van der Waals surface area contributed by atoms with Gasteiger partial charge in [0.2, 0.25) is 11.8 Å². The second kappa shape index (κ2) is 8.91. The van der Waals surface area contributed by atoms with E-state index in [1.54, 1.807) is 17.7 Å². The Bertz CT molecular complexity index is 1260. The van der Waals surface area contributed by atoms with Crippen molar-refractivity contribution in [3.63, 3.8) is 0 Å². The number of carboxylic acid groups (broad SMARTS) is 1. The molecule has 11 heteroatoms. The average molecular weight is 512 g/mol. The number of fused-ring (bicyclic) bond motifs is 2. The first-order valence-corrected chi connectivity index (χ1v) is 12.7. The van der Waals surface area contributed by atoms with Crippen LogP contribution in [-0.4, -0.2) is 89.2 Å². The van der Waals surface area contributed by atoms with Crippen molar-refractivity contribution in [1.29, 1.82) is 0 Å². The van der Waals surface area contributed by atoms with Crippen LogP contribution in [0.15, 0.2) is 36.9 Å². The molecule has 7 atom stereocenters. The number of hydrogen-bond acceptors (Lipinski definition) is 7. The average Bonchev–Trinajstić information content (AvgIpc) is 3.53. The second-order valence-electron chi connectivity index (χ2n) is 10.6. The molecule has 3 fully saturated rings. The molecule has 0 aliphatic carbocycles. The van der Waals surface area contributed by atoms with E-state index in [-0.39, 0.29) is 25.7 Å². The van der Waals surface area contributed by atoms with Gasteiger partial charge in [0.15, 0.2) is 0 Å². The fourth-order valence-corrected chi connectivity index (χ4v) is 6.87. The molecule has 0 radical (unpaired) electrons. The van der Waals surface area contributed by atoms with Crippen LogP contribution >= 0.6 is 0 Å². The Balaban J connectivity index is 1.60. The van der Waals surface area contributed by atoms with Gasteiger partial charge in [-0.1, -0.05) is 37.3 Å². The molecule has 3 aliphatic heterocycles. The van der Waals surface area contributed by atoms with Crippen LogP contribution in [0.5, 0.6) is 0 Å². The Morgan fingerprint density at radius 2 is 2.11 bits per heavy atom. The first kappa shape index (κ1) is 25.3. The fraction of sp³-hybridized carbons (Fsp3) is 0.577. The monoisotopic (exact) mass is 511 g/mol. The summed E-state index contributed by atoms with van der Waals surface area (Å²) in [6, 6.07) is 5.64. The molecule has 37 heavy (non-hydrogen) atoms. The standard InChI is InChI=1S/C26H33N5O6/c1-5-11-29(14-30-18-10-8-7-9-17(18)27-28-30)23(34)21-26-12-15(3)25(4,37-26)20(24(35)36)19(26)22(33)31(21)16(6-2)13-32/h5,7-10,15-16,19-21,32H,1,6,11-14H2,2-4H3,(H,35,36)/t15?,16-,19-,20+,21?,25-,26?/m0/s1. The molecule has 0 saturated carbocycles. The highest BCUT2D eigenvalue weighted by atomic mass is 16.5. The molecule has 3 aliphatic rings. The third-order valence-corrected chi connectivity index (χ3v) is 8.71. The fourth-order valence-electron chi connectivity index (χ4n) is 6.87. The Labute approximate surface area is 214 Å². The third-order valence-electron chi connectivity index (χ3n) is 8.71. The van der Waals surface area contributed by atoms with Crippen molar-refractivity contribution in [2.75, 3.05) is 13.2 Å². The van der Waals surface area contributed by atoms with E-state index in [4.69, 9.17) is 4.74 Å². The van der Waals surface area contributed by atoms with Crippen LogP contribution in [0, 0.1) is 17.8 Å². The molecule has 198 valence electrons. The first-order chi connectivity index (χ1) is 17.6. The van der Waals surface area contributed by atoms with Gasteiger partial charge in [-0.2, -0.15) is 0 Å². The summed E-state index contributed by atoms with van der Waals surface area (Å²) >= 11 is 0. The summed E-state index contributed by atoms with van der Waals surface area (Å²) < 4.78 is 8.14. The number of amides is 2. The zero-order valence-corrected chi connectivity index (χ0v) is 21.3. The summed E-state index contributed by atoms with van der Waals surface area (Å²) in [6.45, 7) is 9.12. The Kier molecular flexibility index (Phi) is 6.11. The number of carbonyl (C=O) groups excluding carboxylic acids is 2. The summed E-state index contributed by atoms with van der Waals surface area (Å²) in [4.78, 5) is 43.7. The van der Waals surface area contributed by atoms with Crippen LogP contribution in [0.1, 0.15) is 33.6 Å². The SMILES string of the molecule is C=CCN(Cn1nnc2ccccc21)C(=O)C1N([C@@H](CC)CO)C(=O)[C@@H]2[C@H](C(=O)O)[C@@]3(C)OC12CC3C. The minimum Gasteiger partial charge on any atom is -0.481 e.